The number of nitriles is 1. The van der Waals surface area contributed by atoms with Gasteiger partial charge in [-0.25, -0.2) is 0 Å². The van der Waals surface area contributed by atoms with Gasteiger partial charge in [0, 0.05) is 32.6 Å². The Hall–Kier alpha value is -2.26. The molecule has 0 radical (unpaired) electrons. The van der Waals surface area contributed by atoms with Crippen molar-refractivity contribution in [3.63, 3.8) is 0 Å². The van der Waals surface area contributed by atoms with Gasteiger partial charge in [0.2, 0.25) is 0 Å². The molecule has 0 spiro atoms. The van der Waals surface area contributed by atoms with Crippen LogP contribution in [0.3, 0.4) is 0 Å². The molecule has 0 amide bonds. The molecule has 0 saturated carbocycles. The molecule has 1 aromatic heterocycles. The molecule has 126 valence electrons. The first-order chi connectivity index (χ1) is 12.0. The molecule has 25 heavy (non-hydrogen) atoms. The molecule has 0 bridgehead atoms. The third-order valence-electron chi connectivity index (χ3n) is 3.40. The van der Waals surface area contributed by atoms with E-state index in [4.69, 9.17) is 32.7 Å². The standard InChI is InChI=1S/C18H11Cl2NO3S/c1-10(22)24-16-9-25-17-6-14(4-12(7-21)18(16)17)23-8-11-2-3-13(19)5-15(11)20/h2-6,9H,8H2,1H3. The largest absolute Gasteiger partial charge is 0.489 e. The highest BCUT2D eigenvalue weighted by molar-refractivity contribution is 7.17. The van der Waals surface area contributed by atoms with E-state index in [1.807, 2.05) is 0 Å². The van der Waals surface area contributed by atoms with Gasteiger partial charge in [0.25, 0.3) is 0 Å². The molecule has 0 aliphatic carbocycles. The molecule has 1 heterocycles. The number of ether oxygens (including phenoxy) is 2. The van der Waals surface area contributed by atoms with E-state index in [1.165, 1.54) is 18.3 Å². The molecular formula is C18H11Cl2NO3S. The monoisotopic (exact) mass is 391 g/mol. The van der Waals surface area contributed by atoms with Gasteiger partial charge < -0.3 is 9.47 Å². The van der Waals surface area contributed by atoms with E-state index in [-0.39, 0.29) is 6.61 Å². The fraction of sp³-hybridized carbons (Fsp3) is 0.111. The number of hydrogen-bond donors (Lipinski definition) is 0. The summed E-state index contributed by atoms with van der Waals surface area (Å²) < 4.78 is 11.7. The Labute approximate surface area is 158 Å². The van der Waals surface area contributed by atoms with E-state index in [0.717, 1.165) is 10.3 Å². The number of rotatable bonds is 4. The quantitative estimate of drug-likeness (QED) is 0.544. The number of esters is 1. The van der Waals surface area contributed by atoms with Crippen LogP contribution in [0, 0.1) is 11.3 Å². The first-order valence-electron chi connectivity index (χ1n) is 7.18. The molecule has 0 N–H and O–H groups in total. The zero-order chi connectivity index (χ0) is 18.0. The minimum atomic E-state index is -0.429. The van der Waals surface area contributed by atoms with Crippen molar-refractivity contribution in [1.82, 2.24) is 0 Å². The van der Waals surface area contributed by atoms with Crippen molar-refractivity contribution in [3.05, 3.63) is 56.9 Å². The Kier molecular flexibility index (Phi) is 5.14. The Bertz CT molecular complexity index is 1010. The summed E-state index contributed by atoms with van der Waals surface area (Å²) in [6, 6.07) is 10.7. The summed E-state index contributed by atoms with van der Waals surface area (Å²) in [7, 11) is 0. The van der Waals surface area contributed by atoms with Crippen molar-refractivity contribution >= 4 is 50.6 Å². The number of hydrogen-bond acceptors (Lipinski definition) is 5. The Balaban J connectivity index is 1.90. The molecule has 3 rings (SSSR count). The van der Waals surface area contributed by atoms with Crippen LogP contribution in [-0.2, 0) is 11.4 Å². The van der Waals surface area contributed by atoms with E-state index in [2.05, 4.69) is 6.07 Å². The Morgan fingerprint density at radius 2 is 2.08 bits per heavy atom. The van der Waals surface area contributed by atoms with E-state index in [0.29, 0.717) is 32.5 Å². The lowest BCUT2D eigenvalue weighted by molar-refractivity contribution is -0.131. The van der Waals surface area contributed by atoms with Gasteiger partial charge in [0.1, 0.15) is 18.4 Å². The molecule has 0 unspecified atom stereocenters. The van der Waals surface area contributed by atoms with E-state index < -0.39 is 5.97 Å². The lowest BCUT2D eigenvalue weighted by Gasteiger charge is -2.09. The molecule has 0 atom stereocenters. The highest BCUT2D eigenvalue weighted by Crippen LogP contribution is 2.38. The van der Waals surface area contributed by atoms with Gasteiger partial charge in [-0.05, 0) is 24.3 Å². The summed E-state index contributed by atoms with van der Waals surface area (Å²) in [5, 5.41) is 12.8. The predicted molar refractivity (Wildman–Crippen MR) is 98.6 cm³/mol. The second-order valence-corrected chi connectivity index (χ2v) is 6.93. The smallest absolute Gasteiger partial charge is 0.308 e. The number of fused-ring (bicyclic) bond motifs is 1. The van der Waals surface area contributed by atoms with Crippen molar-refractivity contribution in [1.29, 1.82) is 5.26 Å². The third-order valence-corrected chi connectivity index (χ3v) is 4.89. The molecule has 2 aromatic carbocycles. The summed E-state index contributed by atoms with van der Waals surface area (Å²) in [6.45, 7) is 1.57. The SMILES string of the molecule is CC(=O)Oc1csc2cc(OCc3ccc(Cl)cc3Cl)cc(C#N)c12. The average Bonchev–Trinajstić information content (AvgIpc) is 2.95. The van der Waals surface area contributed by atoms with Crippen LogP contribution >= 0.6 is 34.5 Å². The van der Waals surface area contributed by atoms with Crippen LogP contribution in [0.5, 0.6) is 11.5 Å². The summed E-state index contributed by atoms with van der Waals surface area (Å²) in [5.41, 5.74) is 1.17. The van der Waals surface area contributed by atoms with Crippen molar-refractivity contribution in [3.8, 4) is 17.6 Å². The van der Waals surface area contributed by atoms with Crippen LogP contribution in [-0.4, -0.2) is 5.97 Å². The van der Waals surface area contributed by atoms with Gasteiger partial charge in [0.05, 0.1) is 10.9 Å². The molecule has 0 aliphatic heterocycles. The van der Waals surface area contributed by atoms with Gasteiger partial charge in [-0.15, -0.1) is 11.3 Å². The predicted octanol–water partition coefficient (Wildman–Crippen LogP) is 5.58. The zero-order valence-electron chi connectivity index (χ0n) is 13.0. The minimum Gasteiger partial charge on any atom is -0.489 e. The van der Waals surface area contributed by atoms with Gasteiger partial charge in [-0.2, -0.15) is 5.26 Å². The molecule has 4 nitrogen and oxygen atoms in total. The average molecular weight is 392 g/mol. The summed E-state index contributed by atoms with van der Waals surface area (Å²) in [6.07, 6.45) is 0. The molecule has 0 aliphatic rings. The number of halogens is 2. The lowest BCUT2D eigenvalue weighted by atomic mass is 10.1. The van der Waals surface area contributed by atoms with Crippen molar-refractivity contribution in [2.24, 2.45) is 0 Å². The second kappa shape index (κ2) is 7.32. The number of nitrogens with zero attached hydrogens (tertiary/aromatic N) is 1. The van der Waals surface area contributed by atoms with E-state index in [1.54, 1.807) is 35.7 Å². The fourth-order valence-electron chi connectivity index (χ4n) is 2.31. The van der Waals surface area contributed by atoms with Crippen LogP contribution in [0.2, 0.25) is 10.0 Å². The number of carbonyl (C=O) groups excluding carboxylic acids is 1. The van der Waals surface area contributed by atoms with Gasteiger partial charge in [-0.3, -0.25) is 4.79 Å². The molecule has 0 saturated heterocycles. The summed E-state index contributed by atoms with van der Waals surface area (Å²) in [4.78, 5) is 11.2. The van der Waals surface area contributed by atoms with Crippen molar-refractivity contribution in [2.45, 2.75) is 13.5 Å². The lowest BCUT2D eigenvalue weighted by Crippen LogP contribution is -2.01. The van der Waals surface area contributed by atoms with Gasteiger partial charge in [0.15, 0.2) is 5.75 Å². The maximum absolute atomic E-state index is 11.2. The molecular weight excluding hydrogens is 381 g/mol. The zero-order valence-corrected chi connectivity index (χ0v) is 15.3. The normalized spacial score (nSPS) is 10.5. The van der Waals surface area contributed by atoms with Crippen LogP contribution < -0.4 is 9.47 Å². The maximum atomic E-state index is 11.2. The highest BCUT2D eigenvalue weighted by Gasteiger charge is 2.14. The summed E-state index contributed by atoms with van der Waals surface area (Å²) in [5.74, 6) is 0.490. The maximum Gasteiger partial charge on any atom is 0.308 e. The fourth-order valence-corrected chi connectivity index (χ4v) is 3.69. The molecule has 3 aromatic rings. The van der Waals surface area contributed by atoms with Crippen LogP contribution in [0.1, 0.15) is 18.1 Å². The number of benzene rings is 2. The van der Waals surface area contributed by atoms with E-state index in [9.17, 15) is 10.1 Å². The van der Waals surface area contributed by atoms with Gasteiger partial charge >= 0.3 is 5.97 Å². The van der Waals surface area contributed by atoms with Gasteiger partial charge in [-0.1, -0.05) is 29.3 Å². The topological polar surface area (TPSA) is 59.3 Å². The first-order valence-corrected chi connectivity index (χ1v) is 8.82. The van der Waals surface area contributed by atoms with E-state index >= 15 is 0 Å². The van der Waals surface area contributed by atoms with Crippen LogP contribution in [0.25, 0.3) is 10.1 Å². The molecule has 0 fully saturated rings. The van der Waals surface area contributed by atoms with Crippen molar-refractivity contribution < 1.29 is 14.3 Å². The van der Waals surface area contributed by atoms with Crippen molar-refractivity contribution in [2.75, 3.05) is 0 Å². The van der Waals surface area contributed by atoms with Crippen LogP contribution in [0.4, 0.5) is 0 Å². The first kappa shape index (κ1) is 17.6. The number of thiophene rings is 1. The Morgan fingerprint density at radius 1 is 1.28 bits per heavy atom. The summed E-state index contributed by atoms with van der Waals surface area (Å²) >= 11 is 13.4. The third kappa shape index (κ3) is 3.88. The van der Waals surface area contributed by atoms with Crippen LogP contribution in [0.15, 0.2) is 35.7 Å². The second-order valence-electron chi connectivity index (χ2n) is 5.17. The number of carbonyl (C=O) groups is 1. The minimum absolute atomic E-state index is 0.245. The highest BCUT2D eigenvalue weighted by atomic mass is 35.5. The molecule has 7 heteroatoms. The Morgan fingerprint density at radius 3 is 2.76 bits per heavy atom.